The molecule has 0 heterocycles. The van der Waals surface area contributed by atoms with E-state index < -0.39 is 0 Å². The van der Waals surface area contributed by atoms with Gasteiger partial charge in [0.1, 0.15) is 0 Å². The average molecular weight is 325 g/mol. The van der Waals surface area contributed by atoms with Crippen molar-refractivity contribution in [3.05, 3.63) is 23.8 Å². The molecule has 0 aliphatic rings. The van der Waals surface area contributed by atoms with Gasteiger partial charge < -0.3 is 20.5 Å². The Morgan fingerprint density at radius 3 is 2.77 bits per heavy atom. The first-order chi connectivity index (χ1) is 10.7. The zero-order chi connectivity index (χ0) is 16.2. The van der Waals surface area contributed by atoms with Gasteiger partial charge in [0, 0.05) is 13.1 Å². The normalized spacial score (nSPS) is 11.3. The van der Waals surface area contributed by atoms with Gasteiger partial charge in [-0.1, -0.05) is 6.07 Å². The van der Waals surface area contributed by atoms with Crippen LogP contribution in [0.2, 0.25) is 0 Å². The highest BCUT2D eigenvalue weighted by Crippen LogP contribution is 2.26. The number of phenols is 1. The van der Waals surface area contributed by atoms with Crippen LogP contribution in [-0.4, -0.2) is 43.3 Å². The van der Waals surface area contributed by atoms with Crippen molar-refractivity contribution in [2.45, 2.75) is 26.3 Å². The predicted molar refractivity (Wildman–Crippen MR) is 95.1 cm³/mol. The summed E-state index contributed by atoms with van der Waals surface area (Å²) in [6.45, 7) is 4.30. The van der Waals surface area contributed by atoms with Gasteiger partial charge in [-0.15, -0.1) is 0 Å². The van der Waals surface area contributed by atoms with Gasteiger partial charge in [0.15, 0.2) is 17.5 Å². The smallest absolute Gasteiger partial charge is 0.191 e. The standard InChI is InChI=1S/C16H27N3O2S/c1-4-17-16(18-9-5-6-10-22-3)19-12-13-7-8-15(21-2)14(20)11-13/h7-8,11,20H,4-6,9-10,12H2,1-3H3,(H2,17,18,19). The molecule has 5 nitrogen and oxygen atoms in total. The zero-order valence-corrected chi connectivity index (χ0v) is 14.5. The zero-order valence-electron chi connectivity index (χ0n) is 13.7. The molecule has 6 heteroatoms. The molecule has 0 saturated carbocycles. The maximum absolute atomic E-state index is 9.78. The second-order valence-electron chi connectivity index (χ2n) is 4.83. The fourth-order valence-electron chi connectivity index (χ4n) is 1.92. The number of benzene rings is 1. The quantitative estimate of drug-likeness (QED) is 0.370. The molecule has 1 aromatic rings. The van der Waals surface area contributed by atoms with E-state index in [1.165, 1.54) is 19.3 Å². The number of methoxy groups -OCH3 is 1. The largest absolute Gasteiger partial charge is 0.504 e. The highest BCUT2D eigenvalue weighted by Gasteiger charge is 2.03. The van der Waals surface area contributed by atoms with E-state index in [0.29, 0.717) is 12.3 Å². The van der Waals surface area contributed by atoms with Crippen molar-refractivity contribution in [2.75, 3.05) is 32.2 Å². The molecule has 0 spiro atoms. The minimum absolute atomic E-state index is 0.144. The van der Waals surface area contributed by atoms with E-state index in [4.69, 9.17) is 4.74 Å². The van der Waals surface area contributed by atoms with Crippen LogP contribution in [0.5, 0.6) is 11.5 Å². The molecule has 0 fully saturated rings. The van der Waals surface area contributed by atoms with Crippen LogP contribution in [0.1, 0.15) is 25.3 Å². The lowest BCUT2D eigenvalue weighted by atomic mass is 10.2. The SMILES string of the molecule is CCNC(=NCc1ccc(OC)c(O)c1)NCCCCSC. The molecule has 0 saturated heterocycles. The number of nitrogens with one attached hydrogen (secondary N) is 2. The van der Waals surface area contributed by atoms with E-state index in [1.54, 1.807) is 12.1 Å². The number of hydrogen-bond donors (Lipinski definition) is 3. The summed E-state index contributed by atoms with van der Waals surface area (Å²) in [4.78, 5) is 4.54. The van der Waals surface area contributed by atoms with Crippen LogP contribution in [0.4, 0.5) is 0 Å². The van der Waals surface area contributed by atoms with E-state index in [0.717, 1.165) is 31.0 Å². The summed E-state index contributed by atoms with van der Waals surface area (Å²) in [5, 5.41) is 16.3. The van der Waals surface area contributed by atoms with Gasteiger partial charge in [-0.25, -0.2) is 4.99 Å². The maximum atomic E-state index is 9.78. The number of phenolic OH excluding ortho intramolecular Hbond substituents is 1. The molecule has 0 atom stereocenters. The van der Waals surface area contributed by atoms with Crippen molar-refractivity contribution >= 4 is 17.7 Å². The number of nitrogens with zero attached hydrogens (tertiary/aromatic N) is 1. The van der Waals surface area contributed by atoms with Gasteiger partial charge in [-0.2, -0.15) is 11.8 Å². The van der Waals surface area contributed by atoms with E-state index >= 15 is 0 Å². The van der Waals surface area contributed by atoms with Gasteiger partial charge in [0.2, 0.25) is 0 Å². The number of guanidine groups is 1. The lowest BCUT2D eigenvalue weighted by molar-refractivity contribution is 0.373. The molecule has 0 aromatic heterocycles. The third-order valence-corrected chi connectivity index (χ3v) is 3.77. The molecule has 0 aliphatic carbocycles. The van der Waals surface area contributed by atoms with Gasteiger partial charge in [0.25, 0.3) is 0 Å². The van der Waals surface area contributed by atoms with Crippen LogP contribution >= 0.6 is 11.8 Å². The Balaban J connectivity index is 2.52. The molecule has 1 rings (SSSR count). The van der Waals surface area contributed by atoms with Crippen molar-refractivity contribution in [2.24, 2.45) is 4.99 Å². The molecule has 0 aliphatic heterocycles. The predicted octanol–water partition coefficient (Wildman–Crippen LogP) is 2.60. The summed E-state index contributed by atoms with van der Waals surface area (Å²) in [6.07, 6.45) is 4.47. The van der Waals surface area contributed by atoms with Crippen molar-refractivity contribution in [3.8, 4) is 11.5 Å². The monoisotopic (exact) mass is 325 g/mol. The topological polar surface area (TPSA) is 65.9 Å². The van der Waals surface area contributed by atoms with Crippen LogP contribution in [0, 0.1) is 0 Å². The molecule has 22 heavy (non-hydrogen) atoms. The van der Waals surface area contributed by atoms with Crippen molar-refractivity contribution in [1.82, 2.24) is 10.6 Å². The summed E-state index contributed by atoms with van der Waals surface area (Å²) in [7, 11) is 1.54. The summed E-state index contributed by atoms with van der Waals surface area (Å²) in [5.41, 5.74) is 0.942. The van der Waals surface area contributed by atoms with E-state index in [2.05, 4.69) is 21.9 Å². The average Bonchev–Trinajstić information content (AvgIpc) is 2.52. The molecule has 124 valence electrons. The lowest BCUT2D eigenvalue weighted by Crippen LogP contribution is -2.37. The highest BCUT2D eigenvalue weighted by molar-refractivity contribution is 7.98. The minimum atomic E-state index is 0.144. The summed E-state index contributed by atoms with van der Waals surface area (Å²) in [5.74, 6) is 2.62. The fraction of sp³-hybridized carbons (Fsp3) is 0.562. The third kappa shape index (κ3) is 6.93. The highest BCUT2D eigenvalue weighted by atomic mass is 32.2. The Kier molecular flexibility index (Phi) is 9.30. The Morgan fingerprint density at radius 2 is 2.14 bits per heavy atom. The number of hydrogen-bond acceptors (Lipinski definition) is 4. The second-order valence-corrected chi connectivity index (χ2v) is 5.81. The Labute approximate surface area is 137 Å². The molecule has 1 aromatic carbocycles. The van der Waals surface area contributed by atoms with Gasteiger partial charge in [-0.05, 0) is 49.5 Å². The van der Waals surface area contributed by atoms with Gasteiger partial charge in [-0.3, -0.25) is 0 Å². The number of unbranched alkanes of at least 4 members (excludes halogenated alkanes) is 1. The van der Waals surface area contributed by atoms with Crippen LogP contribution < -0.4 is 15.4 Å². The first-order valence-corrected chi connectivity index (χ1v) is 8.97. The molecule has 3 N–H and O–H groups in total. The van der Waals surface area contributed by atoms with E-state index in [9.17, 15) is 5.11 Å². The summed E-state index contributed by atoms with van der Waals surface area (Å²) in [6, 6.07) is 5.34. The summed E-state index contributed by atoms with van der Waals surface area (Å²) >= 11 is 1.88. The molecule has 0 bridgehead atoms. The number of thioether (sulfide) groups is 1. The van der Waals surface area contributed by atoms with E-state index in [1.807, 2.05) is 24.8 Å². The van der Waals surface area contributed by atoms with Crippen molar-refractivity contribution in [3.63, 3.8) is 0 Å². The molecule has 0 amide bonds. The summed E-state index contributed by atoms with van der Waals surface area (Å²) < 4.78 is 5.04. The second kappa shape index (κ2) is 11.1. The Hall–Kier alpha value is -1.56. The third-order valence-electron chi connectivity index (χ3n) is 3.07. The Morgan fingerprint density at radius 1 is 1.32 bits per heavy atom. The van der Waals surface area contributed by atoms with E-state index in [-0.39, 0.29) is 5.75 Å². The maximum Gasteiger partial charge on any atom is 0.191 e. The van der Waals surface area contributed by atoms with Crippen molar-refractivity contribution in [1.29, 1.82) is 0 Å². The van der Waals surface area contributed by atoms with Crippen LogP contribution in [-0.2, 0) is 6.54 Å². The molecular formula is C16H27N3O2S. The van der Waals surface area contributed by atoms with Crippen LogP contribution in [0.15, 0.2) is 23.2 Å². The number of ether oxygens (including phenoxy) is 1. The Bertz CT molecular complexity index is 467. The first-order valence-electron chi connectivity index (χ1n) is 7.58. The van der Waals surface area contributed by atoms with Crippen LogP contribution in [0.3, 0.4) is 0 Å². The molecular weight excluding hydrogens is 298 g/mol. The number of rotatable bonds is 9. The molecule has 0 radical (unpaired) electrons. The fourth-order valence-corrected chi connectivity index (χ4v) is 2.42. The van der Waals surface area contributed by atoms with Gasteiger partial charge in [0.05, 0.1) is 13.7 Å². The van der Waals surface area contributed by atoms with Gasteiger partial charge >= 0.3 is 0 Å². The lowest BCUT2D eigenvalue weighted by Gasteiger charge is -2.11. The molecule has 0 unspecified atom stereocenters. The minimum Gasteiger partial charge on any atom is -0.504 e. The number of aliphatic imine (C=N–C) groups is 1. The first kappa shape index (κ1) is 18.5. The van der Waals surface area contributed by atoms with Crippen LogP contribution in [0.25, 0.3) is 0 Å². The van der Waals surface area contributed by atoms with Crippen molar-refractivity contribution < 1.29 is 9.84 Å². The number of aromatic hydroxyl groups is 1.